The van der Waals surface area contributed by atoms with Gasteiger partial charge < -0.3 is 5.11 Å². The van der Waals surface area contributed by atoms with Crippen LogP contribution in [0.1, 0.15) is 24.5 Å². The Hall–Kier alpha value is -2.05. The van der Waals surface area contributed by atoms with Gasteiger partial charge in [0.1, 0.15) is 0 Å². The highest BCUT2D eigenvalue weighted by molar-refractivity contribution is 7.94. The van der Waals surface area contributed by atoms with Crippen LogP contribution in [0.3, 0.4) is 0 Å². The number of rotatable bonds is 1. The summed E-state index contributed by atoms with van der Waals surface area (Å²) in [6.07, 6.45) is 0.0124. The van der Waals surface area contributed by atoms with Crippen molar-refractivity contribution in [1.29, 1.82) is 5.26 Å². The summed E-state index contributed by atoms with van der Waals surface area (Å²) >= 11 is 0. The molecule has 1 saturated heterocycles. The molecule has 3 aliphatic rings. The van der Waals surface area contributed by atoms with E-state index in [1.165, 1.54) is 12.1 Å². The summed E-state index contributed by atoms with van der Waals surface area (Å²) in [6, 6.07) is 4.61. The van der Waals surface area contributed by atoms with E-state index in [9.17, 15) is 21.6 Å². The number of aliphatic hydroxyl groups excluding tert-OH is 1. The van der Waals surface area contributed by atoms with Crippen LogP contribution in [0.2, 0.25) is 0 Å². The average molecular weight is 400 g/mol. The molecule has 2 fully saturated rings. The standard InChI is InChI=1S/C17H15F3N2O2S.CH4O/c1-16-12-4-2-10(6-12)15(16)9-22(25(16,23)24)13-5-3-11(8-21)14(7-13)17(18,19)20;1-2/h2-5,7,10,12,15H,6,9H2,1H3;2H,1H3/t10-,12+,15-,16+;/m0./s1. The fourth-order valence-electron chi connectivity index (χ4n) is 4.63. The van der Waals surface area contributed by atoms with Crippen LogP contribution < -0.4 is 4.31 Å². The molecule has 0 radical (unpaired) electrons. The molecule has 1 N–H and O–H groups in total. The quantitative estimate of drug-likeness (QED) is 0.735. The normalized spacial score (nSPS) is 32.6. The van der Waals surface area contributed by atoms with Crippen LogP contribution in [0.25, 0.3) is 0 Å². The van der Waals surface area contributed by atoms with Crippen LogP contribution >= 0.6 is 0 Å². The summed E-state index contributed by atoms with van der Waals surface area (Å²) in [5, 5.41) is 15.9. The summed E-state index contributed by atoms with van der Waals surface area (Å²) < 4.78 is 66.0. The second-order valence-corrected chi connectivity index (χ2v) is 9.33. The van der Waals surface area contributed by atoms with E-state index in [-0.39, 0.29) is 30.0 Å². The number of alkyl halides is 3. The van der Waals surface area contributed by atoms with Gasteiger partial charge in [-0.05, 0) is 43.4 Å². The number of fused-ring (bicyclic) bond motifs is 5. The minimum Gasteiger partial charge on any atom is -0.400 e. The number of nitrogens with zero attached hydrogens (tertiary/aromatic N) is 2. The summed E-state index contributed by atoms with van der Waals surface area (Å²) in [7, 11) is -2.80. The zero-order chi connectivity index (χ0) is 20.2. The summed E-state index contributed by atoms with van der Waals surface area (Å²) in [4.78, 5) is 0. The van der Waals surface area contributed by atoms with Crippen LogP contribution in [-0.4, -0.2) is 31.9 Å². The molecule has 1 aromatic carbocycles. The highest BCUT2D eigenvalue weighted by Gasteiger charge is 2.66. The molecule has 0 spiro atoms. The number of hydrogen-bond donors (Lipinski definition) is 1. The Morgan fingerprint density at radius 2 is 1.96 bits per heavy atom. The second-order valence-electron chi connectivity index (χ2n) is 7.06. The van der Waals surface area contributed by atoms with Gasteiger partial charge in [-0.25, -0.2) is 8.42 Å². The first-order valence-corrected chi connectivity index (χ1v) is 9.81. The highest BCUT2D eigenvalue weighted by atomic mass is 32.2. The lowest BCUT2D eigenvalue weighted by Gasteiger charge is -2.30. The maximum absolute atomic E-state index is 13.2. The number of sulfonamides is 1. The summed E-state index contributed by atoms with van der Waals surface area (Å²) in [5.41, 5.74) is -1.65. The number of anilines is 1. The number of allylic oxidation sites excluding steroid dienone is 2. The molecule has 1 aromatic rings. The van der Waals surface area contributed by atoms with E-state index in [1.807, 2.05) is 12.2 Å². The van der Waals surface area contributed by atoms with Crippen LogP contribution in [0, 0.1) is 29.1 Å². The molecule has 2 bridgehead atoms. The predicted molar refractivity (Wildman–Crippen MR) is 93.2 cm³/mol. The molecule has 9 heteroatoms. The van der Waals surface area contributed by atoms with Gasteiger partial charge in [-0.15, -0.1) is 0 Å². The smallest absolute Gasteiger partial charge is 0.400 e. The van der Waals surface area contributed by atoms with Gasteiger partial charge in [0, 0.05) is 19.6 Å². The van der Waals surface area contributed by atoms with E-state index in [0.717, 1.165) is 30.0 Å². The molecule has 4 atom stereocenters. The van der Waals surface area contributed by atoms with Gasteiger partial charge in [0.15, 0.2) is 0 Å². The van der Waals surface area contributed by atoms with Crippen molar-refractivity contribution in [3.05, 3.63) is 41.5 Å². The SMILES string of the molecule is CO.C[C@@]12[C@@H]3C=C[C@@H](C3)[C@@H]1CN(c1ccc(C#N)c(C(F)(F)F)c1)S2(=O)=O. The van der Waals surface area contributed by atoms with Crippen LogP contribution in [0.15, 0.2) is 30.4 Å². The molecule has 0 unspecified atom stereocenters. The molecule has 4 rings (SSSR count). The third-order valence-electron chi connectivity index (χ3n) is 6.03. The van der Waals surface area contributed by atoms with E-state index in [2.05, 4.69) is 0 Å². The van der Waals surface area contributed by atoms with Gasteiger partial charge >= 0.3 is 6.18 Å². The maximum atomic E-state index is 13.2. The Balaban J connectivity index is 0.00000102. The molecule has 0 amide bonds. The molecular formula is C18H19F3N2O3S. The Kier molecular flexibility index (Phi) is 4.56. The van der Waals surface area contributed by atoms with Crippen molar-refractivity contribution in [3.8, 4) is 6.07 Å². The van der Waals surface area contributed by atoms with Gasteiger partial charge in [-0.3, -0.25) is 4.31 Å². The monoisotopic (exact) mass is 400 g/mol. The number of hydrogen-bond acceptors (Lipinski definition) is 4. The molecule has 5 nitrogen and oxygen atoms in total. The number of aliphatic hydroxyl groups is 1. The third-order valence-corrected chi connectivity index (χ3v) is 8.69. The van der Waals surface area contributed by atoms with Crippen molar-refractivity contribution in [2.45, 2.75) is 24.3 Å². The van der Waals surface area contributed by atoms with Gasteiger partial charge in [0.2, 0.25) is 10.0 Å². The van der Waals surface area contributed by atoms with E-state index in [1.54, 1.807) is 6.92 Å². The largest absolute Gasteiger partial charge is 0.417 e. The maximum Gasteiger partial charge on any atom is 0.417 e. The lowest BCUT2D eigenvalue weighted by Crippen LogP contribution is -2.43. The fourth-order valence-corrected chi connectivity index (χ4v) is 7.04. The Morgan fingerprint density at radius 3 is 2.52 bits per heavy atom. The lowest BCUT2D eigenvalue weighted by molar-refractivity contribution is -0.137. The molecule has 0 aromatic heterocycles. The molecule has 1 saturated carbocycles. The van der Waals surface area contributed by atoms with Crippen LogP contribution in [0.4, 0.5) is 18.9 Å². The Labute approximate surface area is 155 Å². The zero-order valence-electron chi connectivity index (χ0n) is 14.7. The van der Waals surface area contributed by atoms with Crippen LogP contribution in [0.5, 0.6) is 0 Å². The third kappa shape index (κ3) is 2.57. The van der Waals surface area contributed by atoms with E-state index in [0.29, 0.717) is 0 Å². The molecular weight excluding hydrogens is 381 g/mol. The minimum absolute atomic E-state index is 0.0265. The Morgan fingerprint density at radius 1 is 1.30 bits per heavy atom. The van der Waals surface area contributed by atoms with Crippen LogP contribution in [-0.2, 0) is 16.2 Å². The first-order valence-electron chi connectivity index (χ1n) is 8.37. The minimum atomic E-state index is -4.72. The van der Waals surface area contributed by atoms with Crippen molar-refractivity contribution in [3.63, 3.8) is 0 Å². The summed E-state index contributed by atoms with van der Waals surface area (Å²) in [5.74, 6) is -0.0781. The molecule has 27 heavy (non-hydrogen) atoms. The highest BCUT2D eigenvalue weighted by Crippen LogP contribution is 2.59. The predicted octanol–water partition coefficient (Wildman–Crippen LogP) is 2.92. The summed E-state index contributed by atoms with van der Waals surface area (Å²) in [6.45, 7) is 1.88. The van der Waals surface area contributed by atoms with Gasteiger partial charge in [-0.1, -0.05) is 12.2 Å². The molecule has 146 valence electrons. The second kappa shape index (κ2) is 6.24. The first kappa shape index (κ1) is 19.7. The van der Waals surface area contributed by atoms with E-state index in [4.69, 9.17) is 10.4 Å². The van der Waals surface area contributed by atoms with Crippen molar-refractivity contribution < 1.29 is 26.7 Å². The van der Waals surface area contributed by atoms with Crippen molar-refractivity contribution >= 4 is 15.7 Å². The van der Waals surface area contributed by atoms with Gasteiger partial charge in [0.25, 0.3) is 0 Å². The van der Waals surface area contributed by atoms with Gasteiger partial charge in [-0.2, -0.15) is 18.4 Å². The topological polar surface area (TPSA) is 81.4 Å². The fraction of sp³-hybridized carbons (Fsp3) is 0.500. The van der Waals surface area contributed by atoms with Crippen molar-refractivity contribution in [2.75, 3.05) is 18.0 Å². The molecule has 1 aliphatic heterocycles. The van der Waals surface area contributed by atoms with E-state index >= 15 is 0 Å². The number of halogens is 3. The van der Waals surface area contributed by atoms with Crippen molar-refractivity contribution in [1.82, 2.24) is 0 Å². The Bertz CT molecular complexity index is 936. The number of nitriles is 1. The average Bonchev–Trinajstić information content (AvgIpc) is 3.26. The van der Waals surface area contributed by atoms with E-state index < -0.39 is 32.1 Å². The number of benzene rings is 1. The zero-order valence-corrected chi connectivity index (χ0v) is 15.5. The molecule has 1 heterocycles. The molecule has 2 aliphatic carbocycles. The van der Waals surface area contributed by atoms with Crippen molar-refractivity contribution in [2.24, 2.45) is 17.8 Å². The first-order chi connectivity index (χ1) is 12.6. The van der Waals surface area contributed by atoms with Gasteiger partial charge in [0.05, 0.1) is 27.6 Å². The lowest BCUT2D eigenvalue weighted by atomic mass is 9.83.